The van der Waals surface area contributed by atoms with Crippen LogP contribution >= 0.6 is 0 Å². The molecule has 4 heterocycles. The van der Waals surface area contributed by atoms with E-state index < -0.39 is 0 Å². The summed E-state index contributed by atoms with van der Waals surface area (Å²) in [6.45, 7) is 0. The Morgan fingerprint density at radius 2 is 0.760 bits per heavy atom. The Morgan fingerprint density at radius 3 is 1.18 bits per heavy atom. The van der Waals surface area contributed by atoms with Crippen molar-refractivity contribution < 1.29 is 0 Å². The van der Waals surface area contributed by atoms with E-state index in [4.69, 9.17) is 9.97 Å². The highest BCUT2D eigenvalue weighted by molar-refractivity contribution is 6.36. The quantitative estimate of drug-likeness (QED) is 0.141. The van der Waals surface area contributed by atoms with Gasteiger partial charge in [0, 0.05) is 57.8 Å². The van der Waals surface area contributed by atoms with Crippen LogP contribution in [-0.2, 0) is 0 Å². The lowest BCUT2D eigenvalue weighted by Gasteiger charge is -2.21. The second-order valence-corrected chi connectivity index (χ2v) is 12.1. The maximum absolute atomic E-state index is 9.56. The fourth-order valence-corrected chi connectivity index (χ4v) is 7.13. The first kappa shape index (κ1) is 28.9. The zero-order valence-corrected chi connectivity index (χ0v) is 26.5. The lowest BCUT2D eigenvalue weighted by atomic mass is 9.83. The summed E-state index contributed by atoms with van der Waals surface area (Å²) in [4.78, 5) is 19.1. The van der Waals surface area contributed by atoms with Crippen LogP contribution in [-0.4, -0.2) is 19.9 Å². The molecule has 230 valence electrons. The second kappa shape index (κ2) is 11.8. The van der Waals surface area contributed by atoms with Gasteiger partial charge in [-0.1, -0.05) is 84.9 Å². The predicted molar refractivity (Wildman–Crippen MR) is 199 cm³/mol. The number of pyridine rings is 4. The Morgan fingerprint density at radius 1 is 0.380 bits per heavy atom. The molecule has 5 aromatic carbocycles. The third kappa shape index (κ3) is 4.64. The number of hydrogen-bond donors (Lipinski definition) is 0. The Kier molecular flexibility index (Phi) is 6.79. The zero-order chi connectivity index (χ0) is 33.6. The number of nitrogens with zero attached hydrogens (tertiary/aromatic N) is 6. The fourth-order valence-electron chi connectivity index (χ4n) is 7.13. The molecule has 0 atom stereocenters. The van der Waals surface area contributed by atoms with Crippen molar-refractivity contribution >= 4 is 43.1 Å². The normalized spacial score (nSPS) is 11.2. The monoisotopic (exact) mass is 636 g/mol. The van der Waals surface area contributed by atoms with E-state index in [1.807, 2.05) is 36.4 Å². The Hall–Kier alpha value is -7.28. The summed E-state index contributed by atoms with van der Waals surface area (Å²) >= 11 is 0. The minimum absolute atomic E-state index is 0.484. The number of hydrogen-bond acceptors (Lipinski definition) is 6. The van der Waals surface area contributed by atoms with Crippen LogP contribution in [0.2, 0.25) is 0 Å². The van der Waals surface area contributed by atoms with Gasteiger partial charge in [0.15, 0.2) is 0 Å². The average molecular weight is 637 g/mol. The highest BCUT2D eigenvalue weighted by atomic mass is 14.7. The van der Waals surface area contributed by atoms with Crippen LogP contribution in [0.3, 0.4) is 0 Å². The molecule has 0 N–H and O–H groups in total. The maximum Gasteiger partial charge on any atom is 0.101 e. The van der Waals surface area contributed by atoms with Gasteiger partial charge in [-0.3, -0.25) is 9.97 Å². The molecule has 9 aromatic rings. The first-order valence-electron chi connectivity index (χ1n) is 16.2. The first-order chi connectivity index (χ1) is 24.7. The lowest BCUT2D eigenvalue weighted by molar-refractivity contribution is 1.27. The van der Waals surface area contributed by atoms with E-state index >= 15 is 0 Å². The molecule has 0 aliphatic rings. The average Bonchev–Trinajstić information content (AvgIpc) is 3.20. The molecule has 0 aliphatic carbocycles. The van der Waals surface area contributed by atoms with Crippen molar-refractivity contribution in [1.29, 1.82) is 10.5 Å². The molecule has 0 radical (unpaired) electrons. The highest BCUT2D eigenvalue weighted by Gasteiger charge is 2.23. The van der Waals surface area contributed by atoms with Crippen LogP contribution in [0.15, 0.2) is 146 Å². The lowest BCUT2D eigenvalue weighted by Crippen LogP contribution is -1.97. The molecule has 4 aromatic heterocycles. The van der Waals surface area contributed by atoms with Gasteiger partial charge < -0.3 is 0 Å². The molecule has 6 nitrogen and oxygen atoms in total. The van der Waals surface area contributed by atoms with Crippen molar-refractivity contribution in [3.63, 3.8) is 0 Å². The van der Waals surface area contributed by atoms with E-state index in [1.54, 1.807) is 24.8 Å². The van der Waals surface area contributed by atoms with Crippen molar-refractivity contribution in [2.45, 2.75) is 0 Å². The van der Waals surface area contributed by atoms with E-state index in [9.17, 15) is 10.5 Å². The van der Waals surface area contributed by atoms with Crippen molar-refractivity contribution in [3.8, 4) is 57.2 Å². The van der Waals surface area contributed by atoms with Crippen LogP contribution in [0.4, 0.5) is 0 Å². The van der Waals surface area contributed by atoms with Gasteiger partial charge in [-0.25, -0.2) is 9.97 Å². The van der Waals surface area contributed by atoms with Crippen LogP contribution in [0.25, 0.3) is 88.1 Å². The van der Waals surface area contributed by atoms with Gasteiger partial charge in [0.25, 0.3) is 0 Å². The molecule has 0 saturated heterocycles. The minimum Gasteiger partial charge on any atom is -0.263 e. The molecule has 50 heavy (non-hydrogen) atoms. The molecule has 0 aliphatic heterocycles. The van der Waals surface area contributed by atoms with Crippen molar-refractivity contribution in [2.24, 2.45) is 0 Å². The number of aromatic nitrogens is 4. The SMILES string of the molecule is N#Cc1cncc(-c2cccc(-c3c4ccccc4c(-c4cccc(-c5cncc(C#N)c5)n4)c4c5ccccc5c5ccccc5c34)n2)c1. The third-order valence-electron chi connectivity index (χ3n) is 9.24. The molecule has 0 amide bonds. The molecule has 0 unspecified atom stereocenters. The Bertz CT molecular complexity index is 2720. The zero-order valence-electron chi connectivity index (χ0n) is 26.5. The summed E-state index contributed by atoms with van der Waals surface area (Å²) in [5.41, 5.74) is 7.68. The number of nitriles is 2. The molecule has 9 rings (SSSR count). The molecule has 0 bridgehead atoms. The van der Waals surface area contributed by atoms with Gasteiger partial charge in [-0.2, -0.15) is 10.5 Å². The van der Waals surface area contributed by atoms with E-state index in [1.165, 1.54) is 0 Å². The molecule has 0 fully saturated rings. The topological polar surface area (TPSA) is 99.1 Å². The molecule has 0 saturated carbocycles. The Labute approximate surface area is 287 Å². The second-order valence-electron chi connectivity index (χ2n) is 12.1. The first-order valence-corrected chi connectivity index (χ1v) is 16.2. The summed E-state index contributed by atoms with van der Waals surface area (Å²) < 4.78 is 0. The van der Waals surface area contributed by atoms with Crippen LogP contribution < -0.4 is 0 Å². The minimum atomic E-state index is 0.484. The van der Waals surface area contributed by atoms with Gasteiger partial charge in [0.2, 0.25) is 0 Å². The highest BCUT2D eigenvalue weighted by Crippen LogP contribution is 2.49. The largest absolute Gasteiger partial charge is 0.263 e. The van der Waals surface area contributed by atoms with Gasteiger partial charge in [0.05, 0.1) is 33.9 Å². The van der Waals surface area contributed by atoms with Gasteiger partial charge in [-0.05, 0) is 68.7 Å². The van der Waals surface area contributed by atoms with E-state index in [-0.39, 0.29) is 0 Å². The molecule has 0 spiro atoms. The van der Waals surface area contributed by atoms with Crippen LogP contribution in [0.5, 0.6) is 0 Å². The summed E-state index contributed by atoms with van der Waals surface area (Å²) in [6, 6.07) is 45.7. The summed E-state index contributed by atoms with van der Waals surface area (Å²) in [7, 11) is 0. The summed E-state index contributed by atoms with van der Waals surface area (Å²) in [6.07, 6.45) is 6.61. The molecular weight excluding hydrogens is 613 g/mol. The van der Waals surface area contributed by atoms with Crippen molar-refractivity contribution in [1.82, 2.24) is 19.9 Å². The number of rotatable bonds is 4. The van der Waals surface area contributed by atoms with Crippen LogP contribution in [0.1, 0.15) is 11.1 Å². The van der Waals surface area contributed by atoms with Gasteiger partial charge in [0.1, 0.15) is 12.1 Å². The third-order valence-corrected chi connectivity index (χ3v) is 9.24. The smallest absolute Gasteiger partial charge is 0.101 e. The summed E-state index contributed by atoms with van der Waals surface area (Å²) in [5.74, 6) is 0. The summed E-state index contributed by atoms with van der Waals surface area (Å²) in [5, 5.41) is 27.9. The molecular formula is C44H24N6. The van der Waals surface area contributed by atoms with Gasteiger partial charge >= 0.3 is 0 Å². The van der Waals surface area contributed by atoms with E-state index in [0.717, 1.165) is 88.1 Å². The van der Waals surface area contributed by atoms with E-state index in [0.29, 0.717) is 11.1 Å². The predicted octanol–water partition coefficient (Wildman–Crippen LogP) is 10.3. The molecule has 6 heteroatoms. The van der Waals surface area contributed by atoms with Crippen molar-refractivity contribution in [3.05, 3.63) is 157 Å². The Balaban J connectivity index is 1.45. The standard InChI is InChI=1S/C44H24N6/c45-21-27-19-29(25-47-23-27)37-15-7-17-39(49-37)41-35-13-5-6-14-36(35)42(40-18-8-16-38(50-40)30-20-28(22-46)24-48-26-30)44-34-12-4-2-10-32(34)31-9-1-3-11-33(31)43(41)44/h1-20,23-26H. The maximum atomic E-state index is 9.56. The van der Waals surface area contributed by atoms with Crippen LogP contribution in [0, 0.1) is 22.7 Å². The number of fused-ring (bicyclic) bond motifs is 7. The van der Waals surface area contributed by atoms with E-state index in [2.05, 4.69) is 107 Å². The number of benzene rings is 5. The fraction of sp³-hybridized carbons (Fsp3) is 0. The van der Waals surface area contributed by atoms with Crippen molar-refractivity contribution in [2.75, 3.05) is 0 Å². The van der Waals surface area contributed by atoms with Gasteiger partial charge in [-0.15, -0.1) is 0 Å².